The molecule has 3 rings (SSSR count). The Morgan fingerprint density at radius 1 is 1.13 bits per heavy atom. The van der Waals surface area contributed by atoms with E-state index >= 15 is 0 Å². The number of aromatic nitrogens is 1. The summed E-state index contributed by atoms with van der Waals surface area (Å²) in [6, 6.07) is 12.8. The van der Waals surface area contributed by atoms with Crippen molar-refractivity contribution >= 4 is 39.8 Å². The van der Waals surface area contributed by atoms with Crippen LogP contribution in [0.2, 0.25) is 10.2 Å². The number of hydrogen-bond acceptors (Lipinski definition) is 3. The Bertz CT molecular complexity index is 938. The van der Waals surface area contributed by atoms with Crippen molar-refractivity contribution in [1.29, 1.82) is 0 Å². The van der Waals surface area contributed by atoms with Crippen LogP contribution in [0.4, 0.5) is 5.69 Å². The molecule has 0 atom stereocenters. The van der Waals surface area contributed by atoms with Crippen molar-refractivity contribution in [2.75, 3.05) is 7.11 Å². The Labute approximate surface area is 142 Å². The van der Waals surface area contributed by atoms with Crippen molar-refractivity contribution in [2.45, 2.75) is 0 Å². The van der Waals surface area contributed by atoms with E-state index < -0.39 is 0 Å². The molecule has 0 bridgehead atoms. The number of halogens is 2. The van der Waals surface area contributed by atoms with Crippen LogP contribution in [0, 0.1) is 0 Å². The van der Waals surface area contributed by atoms with Crippen molar-refractivity contribution in [1.82, 2.24) is 4.98 Å². The molecule has 0 saturated heterocycles. The Morgan fingerprint density at radius 3 is 2.52 bits per heavy atom. The second kappa shape index (κ2) is 6.34. The standard InChI is InChI=1S/C16H10Cl2N4O/c1-23-11-8-7-10-14(21-22-19)12(9-5-3-2-4-6-9)16(18)20-15(10)13(11)17/h2-8H,1H3. The molecule has 0 saturated carbocycles. The van der Waals surface area contributed by atoms with Crippen LogP contribution < -0.4 is 4.74 Å². The number of fused-ring (bicyclic) bond motifs is 1. The zero-order valence-electron chi connectivity index (χ0n) is 12.0. The Morgan fingerprint density at radius 2 is 1.87 bits per heavy atom. The topological polar surface area (TPSA) is 70.9 Å². The highest BCUT2D eigenvalue weighted by molar-refractivity contribution is 6.38. The van der Waals surface area contributed by atoms with Gasteiger partial charge in [-0.15, -0.1) is 0 Å². The molecule has 0 spiro atoms. The maximum Gasteiger partial charge on any atom is 0.139 e. The largest absolute Gasteiger partial charge is 0.495 e. The molecule has 0 aliphatic heterocycles. The minimum Gasteiger partial charge on any atom is -0.495 e. The van der Waals surface area contributed by atoms with E-state index in [1.165, 1.54) is 7.11 Å². The van der Waals surface area contributed by atoms with Crippen LogP contribution in [-0.4, -0.2) is 12.1 Å². The maximum atomic E-state index is 8.95. The van der Waals surface area contributed by atoms with Crippen molar-refractivity contribution in [3.8, 4) is 16.9 Å². The molecule has 23 heavy (non-hydrogen) atoms. The van der Waals surface area contributed by atoms with Crippen molar-refractivity contribution in [3.05, 3.63) is 63.1 Å². The SMILES string of the molecule is COc1ccc2c(N=[N+]=[N-])c(-c3ccccc3)c(Cl)nc2c1Cl. The fourth-order valence-electron chi connectivity index (χ4n) is 2.40. The third-order valence-electron chi connectivity index (χ3n) is 3.42. The van der Waals surface area contributed by atoms with Gasteiger partial charge in [0.05, 0.1) is 18.3 Å². The first-order chi connectivity index (χ1) is 11.2. The summed E-state index contributed by atoms with van der Waals surface area (Å²) in [5.74, 6) is 0.474. The molecule has 0 N–H and O–H groups in total. The lowest BCUT2D eigenvalue weighted by Gasteiger charge is -2.13. The molecule has 1 aromatic heterocycles. The van der Waals surface area contributed by atoms with E-state index in [9.17, 15) is 0 Å². The number of hydrogen-bond donors (Lipinski definition) is 0. The van der Waals surface area contributed by atoms with Gasteiger partial charge in [-0.25, -0.2) is 4.98 Å². The summed E-state index contributed by atoms with van der Waals surface area (Å²) in [6.45, 7) is 0. The van der Waals surface area contributed by atoms with Gasteiger partial charge in [-0.05, 0) is 23.2 Å². The molecule has 0 aliphatic carbocycles. The Kier molecular flexibility index (Phi) is 4.26. The lowest BCUT2D eigenvalue weighted by molar-refractivity contribution is 0.415. The fraction of sp³-hybridized carbons (Fsp3) is 0.0625. The van der Waals surface area contributed by atoms with Crippen molar-refractivity contribution < 1.29 is 4.74 Å². The summed E-state index contributed by atoms with van der Waals surface area (Å²) in [5, 5.41) is 4.96. The second-order valence-electron chi connectivity index (χ2n) is 4.66. The Hall–Kier alpha value is -2.46. The van der Waals surface area contributed by atoms with Crippen LogP contribution in [0.1, 0.15) is 0 Å². The predicted molar refractivity (Wildman–Crippen MR) is 92.6 cm³/mol. The molecule has 114 valence electrons. The van der Waals surface area contributed by atoms with E-state index in [-0.39, 0.29) is 5.15 Å². The molecule has 0 fully saturated rings. The first-order valence-electron chi connectivity index (χ1n) is 6.63. The van der Waals surface area contributed by atoms with E-state index in [0.717, 1.165) is 5.56 Å². The lowest BCUT2D eigenvalue weighted by atomic mass is 10.0. The van der Waals surface area contributed by atoms with Crippen LogP contribution in [0.5, 0.6) is 5.75 Å². The number of benzene rings is 2. The summed E-state index contributed by atoms with van der Waals surface area (Å²) < 4.78 is 5.19. The van der Waals surface area contributed by atoms with E-state index in [2.05, 4.69) is 15.0 Å². The van der Waals surface area contributed by atoms with Crippen LogP contribution in [0.25, 0.3) is 32.5 Å². The number of rotatable bonds is 3. The highest BCUT2D eigenvalue weighted by Gasteiger charge is 2.18. The van der Waals surface area contributed by atoms with Gasteiger partial charge in [-0.3, -0.25) is 0 Å². The van der Waals surface area contributed by atoms with Crippen molar-refractivity contribution in [3.63, 3.8) is 0 Å². The minimum atomic E-state index is 0.209. The summed E-state index contributed by atoms with van der Waals surface area (Å²) >= 11 is 12.7. The Balaban J connectivity index is 2.45. The van der Waals surface area contributed by atoms with Gasteiger partial charge >= 0.3 is 0 Å². The molecule has 0 aliphatic rings. The third kappa shape index (κ3) is 2.66. The van der Waals surface area contributed by atoms with E-state index in [1.807, 2.05) is 30.3 Å². The molecule has 7 heteroatoms. The lowest BCUT2D eigenvalue weighted by Crippen LogP contribution is -1.91. The van der Waals surface area contributed by atoms with E-state index in [1.54, 1.807) is 12.1 Å². The molecule has 3 aromatic rings. The van der Waals surface area contributed by atoms with Crippen LogP contribution in [0.15, 0.2) is 47.6 Å². The number of pyridine rings is 1. The van der Waals surface area contributed by atoms with Gasteiger partial charge in [0.15, 0.2) is 0 Å². The van der Waals surface area contributed by atoms with Gasteiger partial charge in [-0.2, -0.15) is 0 Å². The summed E-state index contributed by atoms with van der Waals surface area (Å²) in [6.07, 6.45) is 0. The van der Waals surface area contributed by atoms with E-state index in [4.69, 9.17) is 33.5 Å². The van der Waals surface area contributed by atoms with Crippen LogP contribution in [0.3, 0.4) is 0 Å². The van der Waals surface area contributed by atoms with E-state index in [0.29, 0.717) is 32.9 Å². The summed E-state index contributed by atoms with van der Waals surface area (Å²) in [5.41, 5.74) is 11.1. The third-order valence-corrected chi connectivity index (χ3v) is 4.05. The number of ether oxygens (including phenoxy) is 1. The van der Waals surface area contributed by atoms with Gasteiger partial charge in [-0.1, -0.05) is 58.6 Å². The highest BCUT2D eigenvalue weighted by atomic mass is 35.5. The molecule has 0 unspecified atom stereocenters. The highest BCUT2D eigenvalue weighted by Crippen LogP contribution is 2.44. The molecule has 5 nitrogen and oxygen atoms in total. The molecule has 0 amide bonds. The zero-order valence-corrected chi connectivity index (χ0v) is 13.5. The summed E-state index contributed by atoms with van der Waals surface area (Å²) in [7, 11) is 1.52. The predicted octanol–water partition coefficient (Wildman–Crippen LogP) is 6.16. The fourth-order valence-corrected chi connectivity index (χ4v) is 2.97. The molecule has 2 aromatic carbocycles. The minimum absolute atomic E-state index is 0.209. The van der Waals surface area contributed by atoms with Gasteiger partial charge in [0.25, 0.3) is 0 Å². The summed E-state index contributed by atoms with van der Waals surface area (Å²) in [4.78, 5) is 7.29. The average molecular weight is 345 g/mol. The first-order valence-corrected chi connectivity index (χ1v) is 7.39. The van der Waals surface area contributed by atoms with Gasteiger partial charge in [0, 0.05) is 15.9 Å². The quantitative estimate of drug-likeness (QED) is 0.247. The maximum absolute atomic E-state index is 8.95. The van der Waals surface area contributed by atoms with Crippen molar-refractivity contribution in [2.24, 2.45) is 5.11 Å². The molecule has 1 heterocycles. The molecular weight excluding hydrogens is 335 g/mol. The number of azide groups is 1. The second-order valence-corrected chi connectivity index (χ2v) is 5.40. The molecular formula is C16H10Cl2N4O. The first kappa shape index (κ1) is 15.4. The number of methoxy groups -OCH3 is 1. The smallest absolute Gasteiger partial charge is 0.139 e. The van der Waals surface area contributed by atoms with Crippen LogP contribution >= 0.6 is 23.2 Å². The van der Waals surface area contributed by atoms with Crippen LogP contribution in [-0.2, 0) is 0 Å². The van der Waals surface area contributed by atoms with Gasteiger partial charge < -0.3 is 4.74 Å². The number of nitrogens with zero attached hydrogens (tertiary/aromatic N) is 4. The van der Waals surface area contributed by atoms with Gasteiger partial charge in [0.1, 0.15) is 15.9 Å². The zero-order chi connectivity index (χ0) is 16.4. The monoisotopic (exact) mass is 344 g/mol. The molecule has 0 radical (unpaired) electrons. The normalized spacial score (nSPS) is 10.4. The van der Waals surface area contributed by atoms with Gasteiger partial charge in [0.2, 0.25) is 0 Å². The average Bonchev–Trinajstić information content (AvgIpc) is 2.57.